The molecule has 5 heteroatoms. The van der Waals surface area contributed by atoms with Crippen LogP contribution in [0.4, 0.5) is 0 Å². The van der Waals surface area contributed by atoms with Crippen molar-refractivity contribution in [3.8, 4) is 5.75 Å². The average molecular weight is 299 g/mol. The summed E-state index contributed by atoms with van der Waals surface area (Å²) in [6.07, 6.45) is 0. The van der Waals surface area contributed by atoms with Crippen LogP contribution >= 0.6 is 11.6 Å². The highest BCUT2D eigenvalue weighted by atomic mass is 35.5. The monoisotopic (exact) mass is 298 g/mol. The van der Waals surface area contributed by atoms with Crippen molar-refractivity contribution in [3.63, 3.8) is 0 Å². The molecule has 0 N–H and O–H groups in total. The van der Waals surface area contributed by atoms with Gasteiger partial charge in [0.2, 0.25) is 0 Å². The number of rotatable bonds is 5. The van der Waals surface area contributed by atoms with Crippen LogP contribution in [0.3, 0.4) is 0 Å². The first-order valence-electron chi connectivity index (χ1n) is 6.43. The summed E-state index contributed by atoms with van der Waals surface area (Å²) in [5, 5.41) is 0.433. The second-order valence-electron chi connectivity index (χ2n) is 4.69. The molecule has 0 aliphatic rings. The maximum absolute atomic E-state index is 12.2. The molecule has 0 aliphatic heterocycles. The summed E-state index contributed by atoms with van der Waals surface area (Å²) >= 11 is 6.16. The molecular weight excluding hydrogens is 280 g/mol. The van der Waals surface area contributed by atoms with Gasteiger partial charge in [-0.25, -0.2) is 4.79 Å². The lowest BCUT2D eigenvalue weighted by atomic mass is 9.93. The molecule has 0 unspecified atom stereocenters. The Balaban J connectivity index is 3.51. The van der Waals surface area contributed by atoms with Crippen molar-refractivity contribution in [3.05, 3.63) is 27.8 Å². The standard InChI is InChI=1S/C15H19ClO4/c1-6-20-15(18)13(17)12-9(4)11(16)7-10(8(2)3)14(12)19-5/h7-8H,6H2,1-5H3. The van der Waals surface area contributed by atoms with Crippen molar-refractivity contribution < 1.29 is 19.1 Å². The van der Waals surface area contributed by atoms with Crippen LogP contribution in [0.5, 0.6) is 5.75 Å². The molecule has 0 amide bonds. The molecule has 20 heavy (non-hydrogen) atoms. The first kappa shape index (κ1) is 16.5. The van der Waals surface area contributed by atoms with Crippen LogP contribution in [-0.4, -0.2) is 25.5 Å². The number of esters is 1. The van der Waals surface area contributed by atoms with Gasteiger partial charge >= 0.3 is 5.97 Å². The maximum Gasteiger partial charge on any atom is 0.379 e. The second-order valence-corrected chi connectivity index (χ2v) is 5.09. The van der Waals surface area contributed by atoms with Crippen LogP contribution in [0.25, 0.3) is 0 Å². The second kappa shape index (κ2) is 6.75. The topological polar surface area (TPSA) is 52.6 Å². The van der Waals surface area contributed by atoms with Gasteiger partial charge in [-0.2, -0.15) is 0 Å². The Bertz CT molecular complexity index is 535. The van der Waals surface area contributed by atoms with Gasteiger partial charge in [-0.3, -0.25) is 4.79 Å². The maximum atomic E-state index is 12.2. The predicted octanol–water partition coefficient (Wildman–Crippen LogP) is 3.53. The predicted molar refractivity (Wildman–Crippen MR) is 77.8 cm³/mol. The van der Waals surface area contributed by atoms with Crippen molar-refractivity contribution in [2.45, 2.75) is 33.6 Å². The minimum absolute atomic E-state index is 0.108. The van der Waals surface area contributed by atoms with Gasteiger partial charge in [-0.1, -0.05) is 25.4 Å². The molecule has 4 nitrogen and oxygen atoms in total. The van der Waals surface area contributed by atoms with Crippen molar-refractivity contribution in [2.75, 3.05) is 13.7 Å². The van der Waals surface area contributed by atoms with E-state index in [-0.39, 0.29) is 18.1 Å². The molecule has 0 aliphatic carbocycles. The third-order valence-electron chi connectivity index (χ3n) is 3.02. The van der Waals surface area contributed by atoms with Crippen molar-refractivity contribution >= 4 is 23.4 Å². The van der Waals surface area contributed by atoms with E-state index in [2.05, 4.69) is 0 Å². The highest BCUT2D eigenvalue weighted by molar-refractivity contribution is 6.42. The quantitative estimate of drug-likeness (QED) is 0.474. The van der Waals surface area contributed by atoms with Crippen LogP contribution in [0.15, 0.2) is 6.07 Å². The summed E-state index contributed by atoms with van der Waals surface area (Å²) in [5.74, 6) is -1.13. The Labute approximate surface area is 124 Å². The third kappa shape index (κ3) is 3.12. The summed E-state index contributed by atoms with van der Waals surface area (Å²) in [7, 11) is 1.47. The van der Waals surface area contributed by atoms with Crippen LogP contribution in [0.1, 0.15) is 48.2 Å². The molecule has 0 radical (unpaired) electrons. The molecule has 0 saturated heterocycles. The van der Waals surface area contributed by atoms with E-state index in [1.54, 1.807) is 19.9 Å². The Kier molecular flexibility index (Phi) is 5.57. The Morgan fingerprint density at radius 3 is 2.40 bits per heavy atom. The van der Waals surface area contributed by atoms with E-state index < -0.39 is 11.8 Å². The van der Waals surface area contributed by atoms with E-state index in [0.717, 1.165) is 5.56 Å². The number of methoxy groups -OCH3 is 1. The fraction of sp³-hybridized carbons (Fsp3) is 0.467. The summed E-state index contributed by atoms with van der Waals surface area (Å²) in [5.41, 5.74) is 1.49. The molecule has 1 rings (SSSR count). The zero-order valence-corrected chi connectivity index (χ0v) is 13.1. The number of Topliss-reactive ketones (excluding diaryl/α,β-unsaturated/α-hetero) is 1. The van der Waals surface area contributed by atoms with E-state index in [9.17, 15) is 9.59 Å². The van der Waals surface area contributed by atoms with E-state index >= 15 is 0 Å². The smallest absolute Gasteiger partial charge is 0.379 e. The van der Waals surface area contributed by atoms with E-state index in [1.807, 2.05) is 13.8 Å². The number of benzene rings is 1. The zero-order valence-electron chi connectivity index (χ0n) is 12.4. The Morgan fingerprint density at radius 2 is 1.95 bits per heavy atom. The number of hydrogen-bond donors (Lipinski definition) is 0. The summed E-state index contributed by atoms with van der Waals surface area (Å²) in [6, 6.07) is 1.77. The van der Waals surface area contributed by atoms with Gasteiger partial charge in [-0.05, 0) is 37.0 Å². The number of hydrogen-bond acceptors (Lipinski definition) is 4. The highest BCUT2D eigenvalue weighted by Gasteiger charge is 2.27. The first-order chi connectivity index (χ1) is 9.34. The molecule has 0 saturated carbocycles. The largest absolute Gasteiger partial charge is 0.496 e. The SMILES string of the molecule is CCOC(=O)C(=O)c1c(C)c(Cl)cc(C(C)C)c1OC. The van der Waals surface area contributed by atoms with Gasteiger partial charge in [0.1, 0.15) is 5.75 Å². The van der Waals surface area contributed by atoms with Gasteiger partial charge in [-0.15, -0.1) is 0 Å². The van der Waals surface area contributed by atoms with Gasteiger partial charge < -0.3 is 9.47 Å². The third-order valence-corrected chi connectivity index (χ3v) is 3.41. The van der Waals surface area contributed by atoms with Gasteiger partial charge in [0, 0.05) is 5.02 Å². The van der Waals surface area contributed by atoms with Crippen molar-refractivity contribution in [1.82, 2.24) is 0 Å². The van der Waals surface area contributed by atoms with E-state index in [1.165, 1.54) is 7.11 Å². The molecule has 0 fully saturated rings. The zero-order chi connectivity index (χ0) is 15.4. The molecule has 0 aromatic heterocycles. The van der Waals surface area contributed by atoms with Gasteiger partial charge in [0.25, 0.3) is 5.78 Å². The summed E-state index contributed by atoms with van der Waals surface area (Å²) < 4.78 is 10.1. The van der Waals surface area contributed by atoms with Crippen LogP contribution in [0, 0.1) is 6.92 Å². The van der Waals surface area contributed by atoms with E-state index in [0.29, 0.717) is 16.3 Å². The molecule has 1 aromatic rings. The number of halogens is 1. The van der Waals surface area contributed by atoms with Crippen LogP contribution < -0.4 is 4.74 Å². The molecule has 110 valence electrons. The van der Waals surface area contributed by atoms with Crippen molar-refractivity contribution in [1.29, 1.82) is 0 Å². The van der Waals surface area contributed by atoms with Crippen LogP contribution in [0.2, 0.25) is 5.02 Å². The lowest BCUT2D eigenvalue weighted by Gasteiger charge is -2.18. The molecule has 0 spiro atoms. The molecule has 0 atom stereocenters. The minimum Gasteiger partial charge on any atom is -0.496 e. The highest BCUT2D eigenvalue weighted by Crippen LogP contribution is 2.36. The molecular formula is C15H19ClO4. The normalized spacial score (nSPS) is 10.6. The number of ketones is 1. The van der Waals surface area contributed by atoms with Crippen molar-refractivity contribution in [2.24, 2.45) is 0 Å². The Morgan fingerprint density at radius 1 is 1.35 bits per heavy atom. The molecule has 0 bridgehead atoms. The Hall–Kier alpha value is -1.55. The lowest BCUT2D eigenvalue weighted by molar-refractivity contribution is -0.137. The number of carbonyl (C=O) groups is 2. The molecule has 0 heterocycles. The summed E-state index contributed by atoms with van der Waals surface area (Å²) in [4.78, 5) is 23.9. The van der Waals surface area contributed by atoms with Gasteiger partial charge in [0.05, 0.1) is 19.3 Å². The average Bonchev–Trinajstić information content (AvgIpc) is 2.40. The fourth-order valence-electron chi connectivity index (χ4n) is 1.97. The lowest BCUT2D eigenvalue weighted by Crippen LogP contribution is -2.20. The fourth-order valence-corrected chi connectivity index (χ4v) is 2.18. The van der Waals surface area contributed by atoms with E-state index in [4.69, 9.17) is 21.1 Å². The molecule has 1 aromatic carbocycles. The van der Waals surface area contributed by atoms with Gasteiger partial charge in [0.15, 0.2) is 0 Å². The number of carbonyl (C=O) groups excluding carboxylic acids is 2. The number of ether oxygens (including phenoxy) is 2. The summed E-state index contributed by atoms with van der Waals surface area (Å²) in [6.45, 7) is 7.39. The van der Waals surface area contributed by atoms with Crippen LogP contribution in [-0.2, 0) is 9.53 Å². The minimum atomic E-state index is -0.897. The first-order valence-corrected chi connectivity index (χ1v) is 6.81.